The summed E-state index contributed by atoms with van der Waals surface area (Å²) in [6.45, 7) is 12.2. The Kier molecular flexibility index (Phi) is 10.0. The summed E-state index contributed by atoms with van der Waals surface area (Å²) in [6, 6.07) is 6.56. The summed E-state index contributed by atoms with van der Waals surface area (Å²) in [6.07, 6.45) is 0.453. The highest BCUT2D eigenvalue weighted by Gasteiger charge is 2.31. The number of hydrogen-bond donors (Lipinski definition) is 0. The second kappa shape index (κ2) is 12.3. The smallest absolute Gasteiger partial charge is 0.355 e. The van der Waals surface area contributed by atoms with Crippen molar-refractivity contribution in [3.63, 3.8) is 0 Å². The van der Waals surface area contributed by atoms with Crippen molar-refractivity contribution < 1.29 is 27.5 Å². The molecule has 188 valence electrons. The Bertz CT molecular complexity index is 1100. The molecular weight excluding hydrogens is 456 g/mol. The third-order valence-electron chi connectivity index (χ3n) is 5.71. The normalized spacial score (nSPS) is 11.7. The van der Waals surface area contributed by atoms with Crippen molar-refractivity contribution in [2.24, 2.45) is 0 Å². The highest BCUT2D eigenvalue weighted by molar-refractivity contribution is 7.89. The molecule has 0 radical (unpaired) electrons. The van der Waals surface area contributed by atoms with Gasteiger partial charge in [-0.3, -0.25) is 4.79 Å². The highest BCUT2D eigenvalue weighted by atomic mass is 32.2. The molecule has 1 aromatic carbocycles. The van der Waals surface area contributed by atoms with E-state index in [0.717, 1.165) is 5.56 Å². The summed E-state index contributed by atoms with van der Waals surface area (Å²) in [7, 11) is -3.91. The van der Waals surface area contributed by atoms with E-state index in [4.69, 9.17) is 9.47 Å². The van der Waals surface area contributed by atoms with Crippen molar-refractivity contribution in [1.29, 1.82) is 0 Å². The number of carbonyl (C=O) groups excluding carboxylic acids is 2. The molecule has 0 fully saturated rings. The maximum absolute atomic E-state index is 13.5. The van der Waals surface area contributed by atoms with Crippen molar-refractivity contribution in [1.82, 2.24) is 8.87 Å². The number of rotatable bonds is 13. The predicted molar refractivity (Wildman–Crippen MR) is 131 cm³/mol. The van der Waals surface area contributed by atoms with Gasteiger partial charge >= 0.3 is 5.97 Å². The van der Waals surface area contributed by atoms with Crippen LogP contribution < -0.4 is 0 Å². The van der Waals surface area contributed by atoms with Gasteiger partial charge in [0, 0.05) is 37.6 Å². The number of nitrogens with zero attached hydrogens (tertiary/aromatic N) is 2. The van der Waals surface area contributed by atoms with Crippen LogP contribution in [0.5, 0.6) is 0 Å². The van der Waals surface area contributed by atoms with Crippen LogP contribution in [0.4, 0.5) is 0 Å². The van der Waals surface area contributed by atoms with E-state index >= 15 is 0 Å². The van der Waals surface area contributed by atoms with E-state index < -0.39 is 16.0 Å². The van der Waals surface area contributed by atoms with Crippen molar-refractivity contribution in [2.45, 2.75) is 59.4 Å². The van der Waals surface area contributed by atoms with Gasteiger partial charge in [-0.15, -0.1) is 0 Å². The monoisotopic (exact) mass is 492 g/mol. The maximum atomic E-state index is 13.5. The van der Waals surface area contributed by atoms with Gasteiger partial charge in [0.1, 0.15) is 5.69 Å². The van der Waals surface area contributed by atoms with Crippen molar-refractivity contribution in [3.8, 4) is 0 Å². The molecule has 0 bridgehead atoms. The third-order valence-corrected chi connectivity index (χ3v) is 7.57. The number of ether oxygens (including phenoxy) is 2. The summed E-state index contributed by atoms with van der Waals surface area (Å²) in [5.74, 6) is -0.857. The number of sulfonamides is 1. The van der Waals surface area contributed by atoms with Crippen LogP contribution in [0.3, 0.4) is 0 Å². The van der Waals surface area contributed by atoms with Crippen LogP contribution in [-0.4, -0.2) is 62.0 Å². The van der Waals surface area contributed by atoms with Crippen LogP contribution in [0.15, 0.2) is 29.2 Å². The fourth-order valence-corrected chi connectivity index (χ4v) is 5.47. The molecule has 0 aliphatic heterocycles. The van der Waals surface area contributed by atoms with E-state index in [9.17, 15) is 18.0 Å². The number of carbonyl (C=O) groups is 2. The molecule has 0 saturated carbocycles. The Morgan fingerprint density at radius 2 is 1.65 bits per heavy atom. The molecule has 1 heterocycles. The molecule has 1 aromatic heterocycles. The zero-order valence-corrected chi connectivity index (χ0v) is 21.8. The molecule has 0 saturated heterocycles. The Hall–Kier alpha value is -2.49. The first-order valence-corrected chi connectivity index (χ1v) is 13.1. The second-order valence-corrected chi connectivity index (χ2v) is 9.96. The molecule has 0 aliphatic rings. The molecule has 0 amide bonds. The van der Waals surface area contributed by atoms with E-state index in [1.54, 1.807) is 49.6 Å². The van der Waals surface area contributed by atoms with Crippen LogP contribution in [-0.2, 0) is 26.0 Å². The fourth-order valence-electron chi connectivity index (χ4n) is 4.03. The Labute approximate surface area is 202 Å². The van der Waals surface area contributed by atoms with E-state index in [0.29, 0.717) is 48.7 Å². The Morgan fingerprint density at radius 1 is 1.00 bits per heavy atom. The minimum Gasteiger partial charge on any atom is -0.461 e. The average molecular weight is 493 g/mol. The van der Waals surface area contributed by atoms with Crippen LogP contribution in [0, 0.1) is 20.8 Å². The average Bonchev–Trinajstić information content (AvgIpc) is 3.05. The predicted octanol–water partition coefficient (Wildman–Crippen LogP) is 3.91. The summed E-state index contributed by atoms with van der Waals surface area (Å²) in [4.78, 5) is 26.2. The quantitative estimate of drug-likeness (QED) is 0.239. The van der Waals surface area contributed by atoms with Gasteiger partial charge in [-0.2, -0.15) is 4.31 Å². The van der Waals surface area contributed by atoms with Gasteiger partial charge in [-0.25, -0.2) is 13.2 Å². The molecule has 0 unspecified atom stereocenters. The van der Waals surface area contributed by atoms with Gasteiger partial charge in [-0.05, 0) is 65.7 Å². The first kappa shape index (κ1) is 27.8. The van der Waals surface area contributed by atoms with Gasteiger partial charge in [-0.1, -0.05) is 17.7 Å². The van der Waals surface area contributed by atoms with E-state index in [1.165, 1.54) is 4.31 Å². The Balaban J connectivity index is 2.44. The number of Topliss-reactive ketones (excluding diaryl/α,β-unsaturated/α-hetero) is 1. The number of hydrogen-bond acceptors (Lipinski definition) is 6. The Morgan fingerprint density at radius 3 is 2.21 bits per heavy atom. The van der Waals surface area contributed by atoms with Crippen LogP contribution >= 0.6 is 0 Å². The summed E-state index contributed by atoms with van der Waals surface area (Å²) >= 11 is 0. The first-order valence-electron chi connectivity index (χ1n) is 11.6. The molecule has 2 rings (SSSR count). The molecule has 0 atom stereocenters. The van der Waals surface area contributed by atoms with Gasteiger partial charge in [0.05, 0.1) is 18.0 Å². The zero-order valence-electron chi connectivity index (χ0n) is 21.0. The summed E-state index contributed by atoms with van der Waals surface area (Å²) < 4.78 is 40.3. The molecular formula is C25H36N2O6S. The minimum atomic E-state index is -3.91. The summed E-state index contributed by atoms with van der Waals surface area (Å²) in [5, 5.41) is 0. The number of aromatic nitrogens is 1. The maximum Gasteiger partial charge on any atom is 0.355 e. The zero-order chi connectivity index (χ0) is 25.5. The summed E-state index contributed by atoms with van der Waals surface area (Å²) in [5.41, 5.74) is 2.75. The standard InChI is InChI=1S/C25H36N2O6S/c1-7-27-20(6)23(19(5)24(27)25(29)33-9-3)22(28)17-26(15-10-16-32-8-2)34(30,31)21-13-11-18(4)12-14-21/h11-14H,7-10,15-17H2,1-6H3. The molecule has 9 heteroatoms. The van der Waals surface area contributed by atoms with Crippen molar-refractivity contribution >= 4 is 21.8 Å². The van der Waals surface area contributed by atoms with Gasteiger partial charge < -0.3 is 14.0 Å². The lowest BCUT2D eigenvalue weighted by molar-refractivity contribution is 0.0512. The van der Waals surface area contributed by atoms with Crippen LogP contribution in [0.2, 0.25) is 0 Å². The SMILES string of the molecule is CCOCCCN(CC(=O)c1c(C)c(C(=O)OCC)n(CC)c1C)S(=O)(=O)c1ccc(C)cc1. The molecule has 34 heavy (non-hydrogen) atoms. The first-order chi connectivity index (χ1) is 16.1. The van der Waals surface area contributed by atoms with Crippen LogP contribution in [0.25, 0.3) is 0 Å². The topological polar surface area (TPSA) is 94.9 Å². The van der Waals surface area contributed by atoms with Gasteiger partial charge in [0.25, 0.3) is 0 Å². The largest absolute Gasteiger partial charge is 0.461 e. The molecule has 2 aromatic rings. The lowest BCUT2D eigenvalue weighted by Gasteiger charge is -2.22. The van der Waals surface area contributed by atoms with Crippen molar-refractivity contribution in [3.05, 3.63) is 52.3 Å². The fraction of sp³-hybridized carbons (Fsp3) is 0.520. The molecule has 0 N–H and O–H groups in total. The van der Waals surface area contributed by atoms with E-state index in [1.807, 2.05) is 20.8 Å². The molecule has 8 nitrogen and oxygen atoms in total. The van der Waals surface area contributed by atoms with Crippen molar-refractivity contribution in [2.75, 3.05) is 32.9 Å². The minimum absolute atomic E-state index is 0.133. The lowest BCUT2D eigenvalue weighted by Crippen LogP contribution is -2.37. The second-order valence-electron chi connectivity index (χ2n) is 8.02. The van der Waals surface area contributed by atoms with Gasteiger partial charge in [0.2, 0.25) is 10.0 Å². The number of aryl methyl sites for hydroxylation is 1. The lowest BCUT2D eigenvalue weighted by atomic mass is 10.1. The third kappa shape index (κ3) is 6.14. The highest BCUT2D eigenvalue weighted by Crippen LogP contribution is 2.25. The van der Waals surface area contributed by atoms with E-state index in [2.05, 4.69) is 0 Å². The number of ketones is 1. The van der Waals surface area contributed by atoms with Crippen LogP contribution in [0.1, 0.15) is 64.9 Å². The molecule has 0 aliphatic carbocycles. The van der Waals surface area contributed by atoms with Gasteiger partial charge in [0.15, 0.2) is 5.78 Å². The molecule has 0 spiro atoms. The van der Waals surface area contributed by atoms with E-state index in [-0.39, 0.29) is 30.4 Å². The number of benzene rings is 1. The number of esters is 1.